The number of aliphatic hydroxyl groups excluding tert-OH is 1. The van der Waals surface area contributed by atoms with Crippen LogP contribution in [0.3, 0.4) is 0 Å². The molecule has 1 aromatic carbocycles. The van der Waals surface area contributed by atoms with Gasteiger partial charge in [0.2, 0.25) is 0 Å². The number of likely N-dealkylation sites (tertiary alicyclic amines) is 1. The Kier molecular flexibility index (Phi) is 5.83. The van der Waals surface area contributed by atoms with Gasteiger partial charge in [-0.15, -0.1) is 0 Å². The van der Waals surface area contributed by atoms with Crippen molar-refractivity contribution in [3.8, 4) is 11.8 Å². The summed E-state index contributed by atoms with van der Waals surface area (Å²) in [5.41, 5.74) is 1.43. The van der Waals surface area contributed by atoms with Crippen LogP contribution in [-0.2, 0) is 0 Å². The van der Waals surface area contributed by atoms with Crippen LogP contribution in [-0.4, -0.2) is 35.1 Å². The first-order valence-electron chi connectivity index (χ1n) is 7.73. The maximum absolute atomic E-state index is 12.8. The molecule has 1 atom stereocenters. The number of hydrogen-bond donors (Lipinski definition) is 1. The van der Waals surface area contributed by atoms with Crippen molar-refractivity contribution in [2.75, 3.05) is 13.2 Å². The third kappa shape index (κ3) is 4.09. The van der Waals surface area contributed by atoms with Crippen LogP contribution in [0.1, 0.15) is 54.9 Å². The molecule has 1 saturated heterocycles. The Balaban J connectivity index is 2.24. The van der Waals surface area contributed by atoms with Gasteiger partial charge >= 0.3 is 0 Å². The summed E-state index contributed by atoms with van der Waals surface area (Å²) in [6, 6.07) is 7.79. The van der Waals surface area contributed by atoms with Gasteiger partial charge in [-0.25, -0.2) is 0 Å². The van der Waals surface area contributed by atoms with E-state index in [-0.39, 0.29) is 12.5 Å². The Hall–Kier alpha value is -1.79. The Morgan fingerprint density at radius 3 is 2.95 bits per heavy atom. The van der Waals surface area contributed by atoms with Gasteiger partial charge in [0.25, 0.3) is 5.91 Å². The summed E-state index contributed by atoms with van der Waals surface area (Å²) < 4.78 is 0. The van der Waals surface area contributed by atoms with E-state index in [1.807, 2.05) is 29.2 Å². The van der Waals surface area contributed by atoms with E-state index >= 15 is 0 Å². The number of hydrogen-bond acceptors (Lipinski definition) is 2. The van der Waals surface area contributed by atoms with Gasteiger partial charge in [-0.05, 0) is 31.9 Å². The lowest BCUT2D eigenvalue weighted by atomic mass is 10.0. The molecule has 3 heteroatoms. The Morgan fingerprint density at radius 1 is 1.33 bits per heavy atom. The van der Waals surface area contributed by atoms with Gasteiger partial charge in [0, 0.05) is 24.6 Å². The third-order valence-electron chi connectivity index (χ3n) is 3.93. The number of nitrogens with zero attached hydrogens (tertiary/aromatic N) is 1. The van der Waals surface area contributed by atoms with Crippen molar-refractivity contribution in [1.29, 1.82) is 0 Å². The first-order chi connectivity index (χ1) is 10.2. The number of carbonyl (C=O) groups excluding carboxylic acids is 1. The minimum Gasteiger partial charge on any atom is -0.395 e. The van der Waals surface area contributed by atoms with Crippen LogP contribution in [0.25, 0.3) is 0 Å². The summed E-state index contributed by atoms with van der Waals surface area (Å²) >= 11 is 0. The molecule has 21 heavy (non-hydrogen) atoms. The zero-order valence-electron chi connectivity index (χ0n) is 12.6. The molecular formula is C18H23NO2. The minimum absolute atomic E-state index is 0.0479. The second-order valence-corrected chi connectivity index (χ2v) is 5.52. The number of rotatable bonds is 2. The van der Waals surface area contributed by atoms with Crippen LogP contribution in [0.2, 0.25) is 0 Å². The average molecular weight is 285 g/mol. The highest BCUT2D eigenvalue weighted by Crippen LogP contribution is 2.20. The van der Waals surface area contributed by atoms with E-state index in [0.717, 1.165) is 24.9 Å². The second kappa shape index (κ2) is 7.85. The average Bonchev–Trinajstić information content (AvgIpc) is 2.72. The van der Waals surface area contributed by atoms with Crippen molar-refractivity contribution in [3.05, 3.63) is 35.4 Å². The largest absolute Gasteiger partial charge is 0.395 e. The van der Waals surface area contributed by atoms with Gasteiger partial charge in [-0.1, -0.05) is 36.8 Å². The second-order valence-electron chi connectivity index (χ2n) is 5.52. The summed E-state index contributed by atoms with van der Waals surface area (Å²) in [5, 5.41) is 8.81. The predicted octanol–water partition coefficient (Wildman–Crippen LogP) is 2.83. The molecule has 1 aliphatic rings. The van der Waals surface area contributed by atoms with E-state index < -0.39 is 0 Å². The van der Waals surface area contributed by atoms with E-state index in [1.165, 1.54) is 12.8 Å². The molecule has 0 saturated carbocycles. The van der Waals surface area contributed by atoms with Crippen molar-refractivity contribution in [2.45, 2.75) is 45.1 Å². The predicted molar refractivity (Wildman–Crippen MR) is 84.0 cm³/mol. The van der Waals surface area contributed by atoms with Crippen LogP contribution in [0.15, 0.2) is 24.3 Å². The van der Waals surface area contributed by atoms with Crippen molar-refractivity contribution >= 4 is 5.91 Å². The zero-order chi connectivity index (χ0) is 15.1. The van der Waals surface area contributed by atoms with E-state index in [9.17, 15) is 4.79 Å². The SMILES string of the molecule is CC1CCCCCN1C(=O)c1ccccc1C#CCCO. The van der Waals surface area contributed by atoms with Crippen molar-refractivity contribution in [1.82, 2.24) is 4.90 Å². The van der Waals surface area contributed by atoms with Crippen LogP contribution in [0.4, 0.5) is 0 Å². The highest BCUT2D eigenvalue weighted by atomic mass is 16.2. The van der Waals surface area contributed by atoms with Crippen LogP contribution < -0.4 is 0 Å². The Morgan fingerprint density at radius 2 is 2.14 bits per heavy atom. The Bertz CT molecular complexity index is 542. The molecule has 1 aromatic rings. The van der Waals surface area contributed by atoms with Crippen LogP contribution >= 0.6 is 0 Å². The van der Waals surface area contributed by atoms with E-state index in [2.05, 4.69) is 18.8 Å². The fourth-order valence-electron chi connectivity index (χ4n) is 2.72. The molecule has 2 rings (SSSR count). The Labute approximate surface area is 127 Å². The minimum atomic E-state index is 0.0479. The van der Waals surface area contributed by atoms with Gasteiger partial charge in [-0.3, -0.25) is 4.79 Å². The molecule has 1 amide bonds. The first kappa shape index (κ1) is 15.6. The molecule has 0 radical (unpaired) electrons. The van der Waals surface area contributed by atoms with Gasteiger partial charge in [0.15, 0.2) is 0 Å². The van der Waals surface area contributed by atoms with Crippen molar-refractivity contribution in [2.24, 2.45) is 0 Å². The number of carbonyl (C=O) groups is 1. The van der Waals surface area contributed by atoms with E-state index in [1.54, 1.807) is 0 Å². The molecule has 0 spiro atoms. The first-order valence-corrected chi connectivity index (χ1v) is 7.73. The molecule has 1 fully saturated rings. The van der Waals surface area contributed by atoms with Crippen molar-refractivity contribution in [3.63, 3.8) is 0 Å². The summed E-state index contributed by atoms with van der Waals surface area (Å²) in [6.07, 6.45) is 4.98. The summed E-state index contributed by atoms with van der Waals surface area (Å²) in [5.74, 6) is 5.99. The quantitative estimate of drug-likeness (QED) is 0.849. The lowest BCUT2D eigenvalue weighted by molar-refractivity contribution is 0.0697. The zero-order valence-corrected chi connectivity index (χ0v) is 12.6. The normalized spacial score (nSPS) is 18.6. The van der Waals surface area contributed by atoms with Gasteiger partial charge in [-0.2, -0.15) is 0 Å². The van der Waals surface area contributed by atoms with Crippen LogP contribution in [0.5, 0.6) is 0 Å². The molecule has 1 unspecified atom stereocenters. The molecular weight excluding hydrogens is 262 g/mol. The fraction of sp³-hybridized carbons (Fsp3) is 0.500. The topological polar surface area (TPSA) is 40.5 Å². The lowest BCUT2D eigenvalue weighted by Crippen LogP contribution is -2.38. The third-order valence-corrected chi connectivity index (χ3v) is 3.93. The van der Waals surface area contributed by atoms with Gasteiger partial charge in [0.1, 0.15) is 0 Å². The van der Waals surface area contributed by atoms with Crippen LogP contribution in [0, 0.1) is 11.8 Å². The summed E-state index contributed by atoms with van der Waals surface area (Å²) in [6.45, 7) is 3.01. The van der Waals surface area contributed by atoms with Gasteiger partial charge in [0.05, 0.1) is 12.2 Å². The number of benzene rings is 1. The lowest BCUT2D eigenvalue weighted by Gasteiger charge is -2.27. The molecule has 0 aromatic heterocycles. The van der Waals surface area contributed by atoms with E-state index in [4.69, 9.17) is 5.11 Å². The smallest absolute Gasteiger partial charge is 0.255 e. The molecule has 0 bridgehead atoms. The van der Waals surface area contributed by atoms with E-state index in [0.29, 0.717) is 18.0 Å². The molecule has 1 heterocycles. The number of amides is 1. The summed E-state index contributed by atoms with van der Waals surface area (Å²) in [7, 11) is 0. The van der Waals surface area contributed by atoms with Crippen molar-refractivity contribution < 1.29 is 9.90 Å². The summed E-state index contributed by atoms with van der Waals surface area (Å²) in [4.78, 5) is 14.8. The highest BCUT2D eigenvalue weighted by Gasteiger charge is 2.24. The standard InChI is InChI=1S/C18H23NO2/c1-15-9-3-2-7-13-19(15)18(21)17-12-5-4-10-16(17)11-6-8-14-20/h4-5,10,12,15,20H,2-3,7-9,13-14H2,1H3. The molecule has 1 aliphatic heterocycles. The number of aliphatic hydroxyl groups is 1. The molecule has 1 N–H and O–H groups in total. The maximum Gasteiger partial charge on any atom is 0.255 e. The fourth-order valence-corrected chi connectivity index (χ4v) is 2.72. The monoisotopic (exact) mass is 285 g/mol. The maximum atomic E-state index is 12.8. The van der Waals surface area contributed by atoms with Gasteiger partial charge < -0.3 is 10.0 Å². The molecule has 3 nitrogen and oxygen atoms in total. The highest BCUT2D eigenvalue weighted by molar-refractivity contribution is 5.97. The molecule has 0 aliphatic carbocycles. The molecule has 112 valence electrons.